The quantitative estimate of drug-likeness (QED) is 0.680. The second-order valence-electron chi connectivity index (χ2n) is 7.56. The van der Waals surface area contributed by atoms with E-state index in [1.165, 1.54) is 22.8 Å². The van der Waals surface area contributed by atoms with E-state index in [-0.39, 0.29) is 17.5 Å². The molecular weight excluding hydrogens is 370 g/mol. The first-order valence-corrected chi connectivity index (χ1v) is 10.5. The lowest BCUT2D eigenvalue weighted by Crippen LogP contribution is -2.55. The molecule has 1 aromatic heterocycles. The smallest absolute Gasteiger partial charge is 0.269 e. The lowest BCUT2D eigenvalue weighted by molar-refractivity contribution is -0.134. The summed E-state index contributed by atoms with van der Waals surface area (Å²) in [7, 11) is 0. The Morgan fingerprint density at radius 1 is 1.14 bits per heavy atom. The molecule has 2 atom stereocenters. The molecule has 1 saturated heterocycles. The summed E-state index contributed by atoms with van der Waals surface area (Å²) >= 11 is 1.37. The number of aromatic nitrogens is 1. The van der Waals surface area contributed by atoms with Crippen molar-refractivity contribution in [3.8, 4) is 0 Å². The molecule has 0 saturated carbocycles. The van der Waals surface area contributed by atoms with E-state index in [1.54, 1.807) is 3.96 Å². The van der Waals surface area contributed by atoms with Gasteiger partial charge in [0, 0.05) is 31.4 Å². The van der Waals surface area contributed by atoms with Crippen molar-refractivity contribution in [1.82, 2.24) is 8.86 Å². The van der Waals surface area contributed by atoms with Crippen molar-refractivity contribution in [2.24, 2.45) is 0 Å². The van der Waals surface area contributed by atoms with Crippen molar-refractivity contribution in [2.75, 3.05) is 24.5 Å². The van der Waals surface area contributed by atoms with Gasteiger partial charge in [-0.2, -0.15) is 0 Å². The molecule has 1 aliphatic heterocycles. The van der Waals surface area contributed by atoms with Crippen molar-refractivity contribution >= 4 is 33.2 Å². The van der Waals surface area contributed by atoms with Crippen LogP contribution in [0.5, 0.6) is 0 Å². The molecular formula is C22H25N3O2S. The highest BCUT2D eigenvalue weighted by Gasteiger charge is 2.31. The number of amides is 1. The third kappa shape index (κ3) is 3.33. The Balaban J connectivity index is 1.51. The van der Waals surface area contributed by atoms with E-state index in [0.29, 0.717) is 18.5 Å². The largest absolute Gasteiger partial charge is 0.365 e. The van der Waals surface area contributed by atoms with Gasteiger partial charge in [0.1, 0.15) is 6.04 Å². The maximum Gasteiger partial charge on any atom is 0.269 e. The fourth-order valence-electron chi connectivity index (χ4n) is 3.96. The Morgan fingerprint density at radius 3 is 2.64 bits per heavy atom. The lowest BCUT2D eigenvalue weighted by Gasteiger charge is -2.42. The van der Waals surface area contributed by atoms with Crippen molar-refractivity contribution in [3.63, 3.8) is 0 Å². The van der Waals surface area contributed by atoms with E-state index in [2.05, 4.69) is 43.0 Å². The Labute approximate surface area is 169 Å². The first-order valence-electron chi connectivity index (χ1n) is 9.68. The van der Waals surface area contributed by atoms with Crippen LogP contribution in [0.4, 0.5) is 5.69 Å². The summed E-state index contributed by atoms with van der Waals surface area (Å²) in [6, 6.07) is 15.8. The molecule has 0 N–H and O–H groups in total. The molecule has 5 nitrogen and oxygen atoms in total. The maximum atomic E-state index is 13.1. The molecule has 6 heteroatoms. The third-order valence-corrected chi connectivity index (χ3v) is 6.73. The van der Waals surface area contributed by atoms with Crippen LogP contribution in [0, 0.1) is 6.92 Å². The van der Waals surface area contributed by atoms with Crippen LogP contribution in [0.3, 0.4) is 0 Å². The molecule has 1 aliphatic rings. The van der Waals surface area contributed by atoms with Crippen molar-refractivity contribution in [2.45, 2.75) is 32.9 Å². The van der Waals surface area contributed by atoms with Crippen LogP contribution in [0.15, 0.2) is 53.3 Å². The van der Waals surface area contributed by atoms with Gasteiger partial charge < -0.3 is 9.80 Å². The fraction of sp³-hybridized carbons (Fsp3) is 0.364. The zero-order valence-corrected chi connectivity index (χ0v) is 17.3. The monoisotopic (exact) mass is 395 g/mol. The highest BCUT2D eigenvalue weighted by atomic mass is 32.1. The number of anilines is 1. The third-order valence-electron chi connectivity index (χ3n) is 5.50. The number of aryl methyl sites for hydroxylation is 1. The van der Waals surface area contributed by atoms with Gasteiger partial charge in [-0.15, -0.1) is 0 Å². The predicted octanol–water partition coefficient (Wildman–Crippen LogP) is 3.67. The van der Waals surface area contributed by atoms with E-state index >= 15 is 0 Å². The van der Waals surface area contributed by atoms with Crippen LogP contribution in [-0.2, 0) is 4.79 Å². The van der Waals surface area contributed by atoms with Gasteiger partial charge in [-0.1, -0.05) is 35.8 Å². The number of rotatable bonds is 3. The first kappa shape index (κ1) is 18.7. The molecule has 2 aromatic carbocycles. The fourth-order valence-corrected chi connectivity index (χ4v) is 4.99. The highest BCUT2D eigenvalue weighted by Crippen LogP contribution is 2.24. The maximum absolute atomic E-state index is 13.1. The molecule has 1 amide bonds. The summed E-state index contributed by atoms with van der Waals surface area (Å²) in [4.78, 5) is 30.1. The van der Waals surface area contributed by atoms with Crippen LogP contribution >= 0.6 is 11.5 Å². The number of carbonyl (C=O) groups excluding carboxylic acids is 1. The molecule has 146 valence electrons. The molecule has 0 bridgehead atoms. The predicted molar refractivity (Wildman–Crippen MR) is 115 cm³/mol. The van der Waals surface area contributed by atoms with E-state index in [1.807, 2.05) is 36.1 Å². The summed E-state index contributed by atoms with van der Waals surface area (Å²) in [5.74, 6) is 0.0180. The van der Waals surface area contributed by atoms with E-state index < -0.39 is 6.04 Å². The number of carbonyl (C=O) groups is 1. The Bertz CT molecular complexity index is 1070. The van der Waals surface area contributed by atoms with Gasteiger partial charge in [-0.05, 0) is 50.6 Å². The summed E-state index contributed by atoms with van der Waals surface area (Å²) in [6.45, 7) is 8.20. The first-order chi connectivity index (χ1) is 13.5. The van der Waals surface area contributed by atoms with Gasteiger partial charge >= 0.3 is 0 Å². The van der Waals surface area contributed by atoms with Crippen LogP contribution in [-0.4, -0.2) is 40.4 Å². The summed E-state index contributed by atoms with van der Waals surface area (Å²) in [5, 5.41) is 0.685. The summed E-state index contributed by atoms with van der Waals surface area (Å²) in [5.41, 5.74) is 2.36. The van der Waals surface area contributed by atoms with Crippen LogP contribution in [0.25, 0.3) is 10.1 Å². The minimum Gasteiger partial charge on any atom is -0.365 e. The highest BCUT2D eigenvalue weighted by molar-refractivity contribution is 7.14. The normalized spacial score (nSPS) is 18.5. The molecule has 0 aliphatic carbocycles. The standard InChI is InChI=1S/C22H25N3O2S/c1-15-7-6-8-18(13-15)24-12-11-23(14-16(24)2)21(26)17(3)25-22(27)19-9-4-5-10-20(19)28-25/h4-10,13,16-17H,11-12,14H2,1-3H3. The van der Waals surface area contributed by atoms with E-state index in [0.717, 1.165) is 11.2 Å². The van der Waals surface area contributed by atoms with Crippen LogP contribution < -0.4 is 10.5 Å². The zero-order valence-electron chi connectivity index (χ0n) is 16.5. The minimum absolute atomic E-state index is 0.0180. The minimum atomic E-state index is -0.484. The average molecular weight is 396 g/mol. The Morgan fingerprint density at radius 2 is 1.93 bits per heavy atom. The van der Waals surface area contributed by atoms with Gasteiger partial charge in [0.2, 0.25) is 5.91 Å². The Hall–Kier alpha value is -2.60. The number of hydrogen-bond donors (Lipinski definition) is 0. The molecule has 3 aromatic rings. The number of fused-ring (bicyclic) bond motifs is 1. The van der Waals surface area contributed by atoms with Crippen LogP contribution in [0.2, 0.25) is 0 Å². The SMILES string of the molecule is Cc1cccc(N2CCN(C(=O)C(C)n3sc4ccccc4c3=O)CC2C)c1. The molecule has 0 radical (unpaired) electrons. The summed E-state index contributed by atoms with van der Waals surface area (Å²) in [6.07, 6.45) is 0. The zero-order chi connectivity index (χ0) is 19.8. The van der Waals surface area contributed by atoms with Crippen LogP contribution in [0.1, 0.15) is 25.5 Å². The topological polar surface area (TPSA) is 45.5 Å². The molecule has 1 fully saturated rings. The molecule has 2 heterocycles. The van der Waals surface area contributed by atoms with Gasteiger partial charge in [0.25, 0.3) is 5.56 Å². The summed E-state index contributed by atoms with van der Waals surface area (Å²) < 4.78 is 2.54. The van der Waals surface area contributed by atoms with E-state index in [4.69, 9.17) is 0 Å². The molecule has 28 heavy (non-hydrogen) atoms. The second-order valence-corrected chi connectivity index (χ2v) is 8.58. The van der Waals surface area contributed by atoms with Gasteiger partial charge in [0.15, 0.2) is 0 Å². The number of nitrogens with zero attached hydrogens (tertiary/aromatic N) is 3. The van der Waals surface area contributed by atoms with Gasteiger partial charge in [-0.3, -0.25) is 13.5 Å². The average Bonchev–Trinajstić information content (AvgIpc) is 3.03. The molecule has 0 spiro atoms. The van der Waals surface area contributed by atoms with Gasteiger partial charge in [0.05, 0.1) is 10.1 Å². The number of benzene rings is 2. The van der Waals surface area contributed by atoms with E-state index in [9.17, 15) is 9.59 Å². The Kier molecular flexibility index (Phi) is 4.98. The van der Waals surface area contributed by atoms with Crippen molar-refractivity contribution in [3.05, 3.63) is 64.4 Å². The van der Waals surface area contributed by atoms with Crippen molar-refractivity contribution in [1.29, 1.82) is 0 Å². The molecule has 2 unspecified atom stereocenters. The lowest BCUT2D eigenvalue weighted by atomic mass is 10.1. The number of piperazine rings is 1. The van der Waals surface area contributed by atoms with Crippen molar-refractivity contribution < 1.29 is 4.79 Å². The van der Waals surface area contributed by atoms with Gasteiger partial charge in [-0.25, -0.2) is 0 Å². The number of hydrogen-bond acceptors (Lipinski definition) is 4. The molecule has 4 rings (SSSR count). The second kappa shape index (κ2) is 7.43.